The molecule has 0 aliphatic heterocycles. The summed E-state index contributed by atoms with van der Waals surface area (Å²) in [5.41, 5.74) is 3.01. The first kappa shape index (κ1) is 25.5. The molecule has 0 spiro atoms. The summed E-state index contributed by atoms with van der Waals surface area (Å²) in [4.78, 5) is 8.11. The predicted octanol–water partition coefficient (Wildman–Crippen LogP) is 6.16. The van der Waals surface area contributed by atoms with Crippen molar-refractivity contribution in [3.63, 3.8) is 0 Å². The third-order valence-electron chi connectivity index (χ3n) is 6.48. The van der Waals surface area contributed by atoms with E-state index in [-0.39, 0.29) is 23.4 Å². The normalized spacial score (nSPS) is 13.5. The van der Waals surface area contributed by atoms with Gasteiger partial charge in [0.25, 0.3) is 5.88 Å². The van der Waals surface area contributed by atoms with Gasteiger partial charge in [0.05, 0.1) is 27.5 Å². The maximum absolute atomic E-state index is 12.2. The second-order valence-electron chi connectivity index (χ2n) is 9.01. The van der Waals surface area contributed by atoms with Crippen LogP contribution in [0, 0.1) is 22.7 Å². The molecule has 9 nitrogen and oxygen atoms in total. The van der Waals surface area contributed by atoms with E-state index < -0.39 is 10.0 Å². The minimum absolute atomic E-state index is 0.00962. The van der Waals surface area contributed by atoms with Crippen molar-refractivity contribution in [3.8, 4) is 35.0 Å². The lowest BCUT2D eigenvalue weighted by Gasteiger charge is -2.30. The second-order valence-corrected chi connectivity index (χ2v) is 11.3. The van der Waals surface area contributed by atoms with E-state index >= 15 is 0 Å². The first-order chi connectivity index (χ1) is 18.3. The van der Waals surface area contributed by atoms with Gasteiger partial charge >= 0.3 is 0 Å². The van der Waals surface area contributed by atoms with E-state index in [1.807, 2.05) is 18.2 Å². The number of nitrogens with zero attached hydrogens (tertiary/aromatic N) is 5. The SMILES string of the molecule is CCCS(=O)(=O)Nc1ccc(-c2c(C#N)c3ccc(Oc4nccnc4C#N)cc3n2C2CCC2)c(Cl)c1. The molecule has 0 amide bonds. The highest BCUT2D eigenvalue weighted by Crippen LogP contribution is 2.45. The summed E-state index contributed by atoms with van der Waals surface area (Å²) in [7, 11) is -3.47. The van der Waals surface area contributed by atoms with E-state index in [1.165, 1.54) is 12.4 Å². The van der Waals surface area contributed by atoms with Crippen LogP contribution in [-0.4, -0.2) is 28.7 Å². The molecule has 0 radical (unpaired) electrons. The Morgan fingerprint density at radius 2 is 1.92 bits per heavy atom. The van der Waals surface area contributed by atoms with Gasteiger partial charge in [-0.15, -0.1) is 0 Å². The fraction of sp³-hybridized carbons (Fsp3) is 0.259. The van der Waals surface area contributed by atoms with Crippen molar-refractivity contribution in [1.82, 2.24) is 14.5 Å². The Kier molecular flexibility index (Phi) is 6.94. The van der Waals surface area contributed by atoms with Crippen molar-refractivity contribution in [3.05, 3.63) is 65.1 Å². The van der Waals surface area contributed by atoms with Crippen LogP contribution in [0.2, 0.25) is 5.02 Å². The molecule has 38 heavy (non-hydrogen) atoms. The number of rotatable bonds is 8. The minimum atomic E-state index is -3.47. The number of ether oxygens (including phenoxy) is 1. The zero-order chi connectivity index (χ0) is 26.9. The number of nitriles is 2. The van der Waals surface area contributed by atoms with E-state index in [2.05, 4.69) is 25.3 Å². The number of sulfonamides is 1. The summed E-state index contributed by atoms with van der Waals surface area (Å²) in [5.74, 6) is 0.562. The average Bonchev–Trinajstić information content (AvgIpc) is 3.16. The highest BCUT2D eigenvalue weighted by Gasteiger charge is 2.29. The van der Waals surface area contributed by atoms with Crippen molar-refractivity contribution >= 4 is 38.2 Å². The predicted molar refractivity (Wildman–Crippen MR) is 145 cm³/mol. The third kappa shape index (κ3) is 4.76. The van der Waals surface area contributed by atoms with E-state index in [4.69, 9.17) is 16.3 Å². The van der Waals surface area contributed by atoms with Gasteiger partial charge in [-0.05, 0) is 56.0 Å². The van der Waals surface area contributed by atoms with Gasteiger partial charge in [-0.25, -0.2) is 18.4 Å². The Bertz CT molecular complexity index is 1730. The van der Waals surface area contributed by atoms with Gasteiger partial charge in [-0.3, -0.25) is 4.72 Å². The molecule has 0 unspecified atom stereocenters. The standard InChI is InChI=1S/C27H23ClN6O3S/c1-2-12-38(35,36)33-17-6-8-21(23(28)13-17)26-22(15-29)20-9-7-19(14-25(20)34(26)18-4-3-5-18)37-27-24(16-30)31-10-11-32-27/h6-11,13-14,18,33H,2-5,12H2,1H3. The van der Waals surface area contributed by atoms with Crippen molar-refractivity contribution in [1.29, 1.82) is 10.5 Å². The molecule has 1 N–H and O–H groups in total. The number of aromatic nitrogens is 3. The summed E-state index contributed by atoms with van der Waals surface area (Å²) in [6.45, 7) is 1.80. The number of benzene rings is 2. The third-order valence-corrected chi connectivity index (χ3v) is 8.29. The quantitative estimate of drug-likeness (QED) is 0.279. The number of anilines is 1. The maximum atomic E-state index is 12.2. The number of nitrogens with one attached hydrogen (secondary N) is 1. The lowest BCUT2D eigenvalue weighted by atomic mass is 9.92. The van der Waals surface area contributed by atoms with E-state index in [0.29, 0.717) is 39.7 Å². The number of hydrogen-bond donors (Lipinski definition) is 1. The molecule has 2 aromatic heterocycles. The van der Waals surface area contributed by atoms with Crippen LogP contribution in [0.15, 0.2) is 48.8 Å². The molecular weight excluding hydrogens is 524 g/mol. The number of halogens is 1. The molecule has 1 fully saturated rings. The van der Waals surface area contributed by atoms with Crippen LogP contribution < -0.4 is 9.46 Å². The lowest BCUT2D eigenvalue weighted by molar-refractivity contribution is 0.324. The van der Waals surface area contributed by atoms with Crippen molar-refractivity contribution < 1.29 is 13.2 Å². The lowest BCUT2D eigenvalue weighted by Crippen LogP contribution is -2.18. The van der Waals surface area contributed by atoms with Gasteiger partial charge in [0.1, 0.15) is 17.9 Å². The van der Waals surface area contributed by atoms with E-state index in [0.717, 1.165) is 30.2 Å². The number of fused-ring (bicyclic) bond motifs is 1. The monoisotopic (exact) mass is 546 g/mol. The molecule has 0 bridgehead atoms. The molecule has 0 atom stereocenters. The molecule has 1 aliphatic rings. The van der Waals surface area contributed by atoms with Crippen LogP contribution in [0.5, 0.6) is 11.6 Å². The highest BCUT2D eigenvalue weighted by atomic mass is 35.5. The van der Waals surface area contributed by atoms with E-state index in [1.54, 1.807) is 31.2 Å². The Hall–Kier alpha value is -4.12. The fourth-order valence-electron chi connectivity index (χ4n) is 4.61. The fourth-order valence-corrected chi connectivity index (χ4v) is 6.01. The Morgan fingerprint density at radius 1 is 1.13 bits per heavy atom. The van der Waals surface area contributed by atoms with Crippen molar-refractivity contribution in [2.45, 2.75) is 38.6 Å². The van der Waals surface area contributed by atoms with Crippen LogP contribution in [-0.2, 0) is 10.0 Å². The molecule has 1 saturated carbocycles. The average molecular weight is 547 g/mol. The number of hydrogen-bond acceptors (Lipinski definition) is 7. The maximum Gasteiger partial charge on any atom is 0.256 e. The zero-order valence-electron chi connectivity index (χ0n) is 20.5. The molecule has 11 heteroatoms. The largest absolute Gasteiger partial charge is 0.436 e. The highest BCUT2D eigenvalue weighted by molar-refractivity contribution is 7.92. The van der Waals surface area contributed by atoms with Gasteiger partial charge in [0.15, 0.2) is 0 Å². The molecule has 1 aliphatic carbocycles. The summed E-state index contributed by atoms with van der Waals surface area (Å²) in [6.07, 6.45) is 6.33. The van der Waals surface area contributed by atoms with Crippen molar-refractivity contribution in [2.24, 2.45) is 0 Å². The first-order valence-corrected chi connectivity index (χ1v) is 14.2. The van der Waals surface area contributed by atoms with Crippen LogP contribution in [0.25, 0.3) is 22.2 Å². The Balaban J connectivity index is 1.63. The molecule has 2 heterocycles. The zero-order valence-corrected chi connectivity index (χ0v) is 22.1. The van der Waals surface area contributed by atoms with Crippen LogP contribution >= 0.6 is 11.6 Å². The molecule has 5 rings (SSSR count). The van der Waals surface area contributed by atoms with Gasteiger partial charge in [-0.1, -0.05) is 18.5 Å². The molecular formula is C27H23ClN6O3S. The van der Waals surface area contributed by atoms with Crippen molar-refractivity contribution in [2.75, 3.05) is 10.5 Å². The first-order valence-electron chi connectivity index (χ1n) is 12.1. The Labute approximate surface area is 225 Å². The van der Waals surface area contributed by atoms with Crippen LogP contribution in [0.1, 0.15) is 49.9 Å². The van der Waals surface area contributed by atoms with Gasteiger partial charge < -0.3 is 9.30 Å². The minimum Gasteiger partial charge on any atom is -0.436 e. The van der Waals surface area contributed by atoms with Gasteiger partial charge in [-0.2, -0.15) is 10.5 Å². The summed E-state index contributed by atoms with van der Waals surface area (Å²) < 4.78 is 35.1. The molecule has 4 aromatic rings. The topological polar surface area (TPSA) is 134 Å². The molecule has 2 aromatic carbocycles. The second kappa shape index (κ2) is 10.3. The molecule has 192 valence electrons. The molecule has 0 saturated heterocycles. The van der Waals surface area contributed by atoms with Crippen LogP contribution in [0.3, 0.4) is 0 Å². The smallest absolute Gasteiger partial charge is 0.256 e. The van der Waals surface area contributed by atoms with E-state index in [9.17, 15) is 18.9 Å². The Morgan fingerprint density at radius 3 is 2.58 bits per heavy atom. The van der Waals surface area contributed by atoms with Gasteiger partial charge in [0.2, 0.25) is 15.7 Å². The van der Waals surface area contributed by atoms with Gasteiger partial charge in [0, 0.05) is 41.1 Å². The summed E-state index contributed by atoms with van der Waals surface area (Å²) in [5, 5.41) is 20.6. The summed E-state index contributed by atoms with van der Waals surface area (Å²) >= 11 is 6.71. The van der Waals surface area contributed by atoms with Crippen LogP contribution in [0.4, 0.5) is 5.69 Å². The summed E-state index contributed by atoms with van der Waals surface area (Å²) in [6, 6.07) is 14.8.